The summed E-state index contributed by atoms with van der Waals surface area (Å²) in [5, 5.41) is 10.8. The summed E-state index contributed by atoms with van der Waals surface area (Å²) in [7, 11) is 0. The van der Waals surface area contributed by atoms with Crippen molar-refractivity contribution in [3.8, 4) is 0 Å². The van der Waals surface area contributed by atoms with E-state index in [-0.39, 0.29) is 12.0 Å². The first-order chi connectivity index (χ1) is 9.19. The predicted octanol–water partition coefficient (Wildman–Crippen LogP) is 3.29. The van der Waals surface area contributed by atoms with Crippen molar-refractivity contribution in [2.75, 3.05) is 6.54 Å². The summed E-state index contributed by atoms with van der Waals surface area (Å²) in [5.74, 6) is 2.14. The van der Waals surface area contributed by atoms with Crippen molar-refractivity contribution < 1.29 is 5.11 Å². The first-order valence-corrected chi connectivity index (χ1v) is 8.12. The fraction of sp³-hybridized carbons (Fsp3) is 0.625. The van der Waals surface area contributed by atoms with Crippen LogP contribution in [0.1, 0.15) is 37.2 Å². The number of rotatable bonds is 4. The van der Waals surface area contributed by atoms with E-state index < -0.39 is 0 Å². The van der Waals surface area contributed by atoms with Crippen LogP contribution >= 0.6 is 15.9 Å². The molecule has 0 saturated heterocycles. The number of aliphatic hydroxyl groups excluding tert-OH is 1. The van der Waals surface area contributed by atoms with E-state index in [1.54, 1.807) is 0 Å². The Kier molecular flexibility index (Phi) is 3.97. The molecule has 1 aromatic rings. The highest BCUT2D eigenvalue weighted by Gasteiger charge is 2.44. The van der Waals surface area contributed by atoms with Crippen molar-refractivity contribution in [1.82, 2.24) is 0 Å². The highest BCUT2D eigenvalue weighted by molar-refractivity contribution is 9.10. The van der Waals surface area contributed by atoms with E-state index in [1.165, 1.54) is 25.7 Å². The Labute approximate surface area is 123 Å². The zero-order valence-corrected chi connectivity index (χ0v) is 12.7. The normalized spacial score (nSPS) is 32.5. The smallest absolute Gasteiger partial charge is 0.0651 e. The molecule has 5 atom stereocenters. The minimum Gasteiger partial charge on any atom is -0.392 e. The van der Waals surface area contributed by atoms with Gasteiger partial charge in [-0.05, 0) is 54.7 Å². The van der Waals surface area contributed by atoms with Gasteiger partial charge in [-0.3, -0.25) is 0 Å². The Morgan fingerprint density at radius 1 is 1.32 bits per heavy atom. The van der Waals surface area contributed by atoms with Crippen molar-refractivity contribution in [3.63, 3.8) is 0 Å². The maximum atomic E-state index is 10.8. The summed E-state index contributed by atoms with van der Waals surface area (Å²) in [4.78, 5) is 0. The van der Waals surface area contributed by atoms with Gasteiger partial charge in [-0.15, -0.1) is 0 Å². The summed E-state index contributed by atoms with van der Waals surface area (Å²) in [5.41, 5.74) is 7.11. The molecular formula is C16H22BrNO. The maximum absolute atomic E-state index is 10.8. The summed E-state index contributed by atoms with van der Waals surface area (Å²) >= 11 is 3.50. The topological polar surface area (TPSA) is 46.2 Å². The Morgan fingerprint density at radius 2 is 2.16 bits per heavy atom. The van der Waals surface area contributed by atoms with Gasteiger partial charge >= 0.3 is 0 Å². The molecule has 0 heterocycles. The van der Waals surface area contributed by atoms with Crippen LogP contribution in [-0.4, -0.2) is 17.8 Å². The monoisotopic (exact) mass is 323 g/mol. The van der Waals surface area contributed by atoms with Crippen LogP contribution in [0.3, 0.4) is 0 Å². The third-order valence-electron chi connectivity index (χ3n) is 5.17. The van der Waals surface area contributed by atoms with Crippen LogP contribution < -0.4 is 5.73 Å². The van der Waals surface area contributed by atoms with Crippen LogP contribution in [0, 0.1) is 17.8 Å². The summed E-state index contributed by atoms with van der Waals surface area (Å²) in [6.07, 6.45) is 4.93. The maximum Gasteiger partial charge on any atom is 0.0651 e. The van der Waals surface area contributed by atoms with Crippen molar-refractivity contribution >= 4 is 15.9 Å². The SMILES string of the molecule is NCC(c1cccc(Br)c1)C(O)C1CC2CCC1C2. The average molecular weight is 324 g/mol. The minimum atomic E-state index is -0.283. The first kappa shape index (κ1) is 13.6. The third-order valence-corrected chi connectivity index (χ3v) is 5.67. The van der Waals surface area contributed by atoms with Gasteiger partial charge in [0.05, 0.1) is 6.10 Å². The van der Waals surface area contributed by atoms with Crippen LogP contribution in [0.2, 0.25) is 0 Å². The van der Waals surface area contributed by atoms with Gasteiger partial charge in [-0.1, -0.05) is 34.5 Å². The van der Waals surface area contributed by atoms with Crippen LogP contribution in [0.15, 0.2) is 28.7 Å². The van der Waals surface area contributed by atoms with Crippen molar-refractivity contribution in [1.29, 1.82) is 0 Å². The molecule has 3 heteroatoms. The second-order valence-electron chi connectivity index (χ2n) is 6.23. The Hall–Kier alpha value is -0.380. The molecule has 104 valence electrons. The molecule has 2 aliphatic rings. The zero-order valence-electron chi connectivity index (χ0n) is 11.1. The largest absolute Gasteiger partial charge is 0.392 e. The van der Waals surface area contributed by atoms with E-state index in [9.17, 15) is 5.11 Å². The van der Waals surface area contributed by atoms with Gasteiger partial charge in [0, 0.05) is 16.9 Å². The molecule has 3 N–H and O–H groups in total. The average Bonchev–Trinajstić information content (AvgIpc) is 3.02. The van der Waals surface area contributed by atoms with Gasteiger partial charge in [0.15, 0.2) is 0 Å². The van der Waals surface area contributed by atoms with E-state index in [2.05, 4.69) is 28.1 Å². The lowest BCUT2D eigenvalue weighted by Crippen LogP contribution is -2.35. The van der Waals surface area contributed by atoms with Gasteiger partial charge in [-0.2, -0.15) is 0 Å². The van der Waals surface area contributed by atoms with Gasteiger partial charge in [-0.25, -0.2) is 0 Å². The molecule has 2 aliphatic carbocycles. The fourth-order valence-electron chi connectivity index (χ4n) is 4.22. The molecule has 0 aromatic heterocycles. The molecule has 0 spiro atoms. The van der Waals surface area contributed by atoms with E-state index in [4.69, 9.17) is 5.73 Å². The first-order valence-electron chi connectivity index (χ1n) is 7.32. The van der Waals surface area contributed by atoms with Crippen LogP contribution in [-0.2, 0) is 0 Å². The Bertz CT molecular complexity index is 450. The number of nitrogens with two attached hydrogens (primary N) is 1. The molecule has 2 nitrogen and oxygen atoms in total. The number of aliphatic hydroxyl groups is 1. The lowest BCUT2D eigenvalue weighted by Gasteiger charge is -2.32. The molecule has 1 aromatic carbocycles. The summed E-state index contributed by atoms with van der Waals surface area (Å²) in [6, 6.07) is 8.21. The minimum absolute atomic E-state index is 0.0712. The Morgan fingerprint density at radius 3 is 2.74 bits per heavy atom. The van der Waals surface area contributed by atoms with E-state index in [0.29, 0.717) is 12.5 Å². The van der Waals surface area contributed by atoms with Gasteiger partial charge in [0.2, 0.25) is 0 Å². The van der Waals surface area contributed by atoms with Crippen molar-refractivity contribution in [2.45, 2.75) is 37.7 Å². The van der Waals surface area contributed by atoms with Gasteiger partial charge < -0.3 is 10.8 Å². The van der Waals surface area contributed by atoms with Crippen LogP contribution in [0.25, 0.3) is 0 Å². The van der Waals surface area contributed by atoms with Gasteiger partial charge in [0.1, 0.15) is 0 Å². The molecule has 0 radical (unpaired) electrons. The number of hydrogen-bond donors (Lipinski definition) is 2. The standard InChI is InChI=1S/C16H22BrNO/c17-13-3-1-2-11(8-13)15(9-18)16(19)14-7-10-4-5-12(14)6-10/h1-3,8,10,12,14-16,19H,4-7,9,18H2. The van der Waals surface area contributed by atoms with Crippen molar-refractivity contribution in [2.24, 2.45) is 23.5 Å². The zero-order chi connectivity index (χ0) is 13.4. The molecular weight excluding hydrogens is 302 g/mol. The van der Waals surface area contributed by atoms with Crippen LogP contribution in [0.5, 0.6) is 0 Å². The molecule has 0 aliphatic heterocycles. The second-order valence-corrected chi connectivity index (χ2v) is 7.14. The highest BCUT2D eigenvalue weighted by atomic mass is 79.9. The molecule has 0 amide bonds. The van der Waals surface area contributed by atoms with Crippen LogP contribution in [0.4, 0.5) is 0 Å². The molecule has 2 bridgehead atoms. The Balaban J connectivity index is 1.78. The lowest BCUT2D eigenvalue weighted by molar-refractivity contribution is 0.0532. The van der Waals surface area contributed by atoms with Gasteiger partial charge in [0.25, 0.3) is 0 Å². The molecule has 5 unspecified atom stereocenters. The van der Waals surface area contributed by atoms with E-state index in [1.807, 2.05) is 12.1 Å². The number of halogens is 1. The number of fused-ring (bicyclic) bond motifs is 2. The van der Waals surface area contributed by atoms with Crippen molar-refractivity contribution in [3.05, 3.63) is 34.3 Å². The molecule has 3 rings (SSSR count). The summed E-state index contributed by atoms with van der Waals surface area (Å²) < 4.78 is 1.06. The second kappa shape index (κ2) is 5.55. The van der Waals surface area contributed by atoms with E-state index >= 15 is 0 Å². The quantitative estimate of drug-likeness (QED) is 0.893. The third kappa shape index (κ3) is 2.61. The van der Waals surface area contributed by atoms with E-state index in [0.717, 1.165) is 21.9 Å². The fourth-order valence-corrected chi connectivity index (χ4v) is 4.64. The predicted molar refractivity (Wildman–Crippen MR) is 80.9 cm³/mol. The molecule has 2 fully saturated rings. The molecule has 19 heavy (non-hydrogen) atoms. The summed E-state index contributed by atoms with van der Waals surface area (Å²) in [6.45, 7) is 0.519. The lowest BCUT2D eigenvalue weighted by atomic mass is 9.77. The molecule has 2 saturated carbocycles. The number of benzene rings is 1. The highest BCUT2D eigenvalue weighted by Crippen LogP contribution is 2.51. The number of hydrogen-bond acceptors (Lipinski definition) is 2.